The van der Waals surface area contributed by atoms with Gasteiger partial charge < -0.3 is 20.1 Å². The molecule has 1 unspecified atom stereocenters. The monoisotopic (exact) mass is 625 g/mol. The molecule has 1 atom stereocenters. The fourth-order valence-corrected chi connectivity index (χ4v) is 6.42. The summed E-state index contributed by atoms with van der Waals surface area (Å²) in [5, 5.41) is 7.70. The predicted octanol–water partition coefficient (Wildman–Crippen LogP) is 6.07. The number of aromatic nitrogens is 3. The third kappa shape index (κ3) is 7.78. The van der Waals surface area contributed by atoms with Gasteiger partial charge in [0.25, 0.3) is 0 Å². The molecule has 0 spiro atoms. The highest BCUT2D eigenvalue weighted by molar-refractivity contribution is 7.91. The minimum absolute atomic E-state index is 0.109. The highest BCUT2D eigenvalue weighted by atomic mass is 35.5. The van der Waals surface area contributed by atoms with Crippen molar-refractivity contribution >= 4 is 43.8 Å². The van der Waals surface area contributed by atoms with E-state index in [2.05, 4.69) is 25.6 Å². The van der Waals surface area contributed by atoms with Crippen LogP contribution in [0.15, 0.2) is 73.4 Å². The van der Waals surface area contributed by atoms with Crippen LogP contribution in [0.3, 0.4) is 0 Å². The van der Waals surface area contributed by atoms with E-state index in [4.69, 9.17) is 21.1 Å². The Morgan fingerprint density at radius 3 is 2.74 bits per heavy atom. The summed E-state index contributed by atoms with van der Waals surface area (Å²) in [6, 6.07) is 13.4. The Bertz CT molecular complexity index is 1710. The van der Waals surface area contributed by atoms with Crippen LogP contribution in [0.5, 0.6) is 5.75 Å². The van der Waals surface area contributed by atoms with E-state index in [1.807, 2.05) is 25.1 Å². The first-order valence-corrected chi connectivity index (χ1v) is 16.3. The van der Waals surface area contributed by atoms with Crippen LogP contribution in [0.1, 0.15) is 37.4 Å². The Labute approximate surface area is 255 Å². The van der Waals surface area contributed by atoms with Crippen molar-refractivity contribution in [3.63, 3.8) is 0 Å². The molecule has 1 aliphatic heterocycles. The van der Waals surface area contributed by atoms with Crippen LogP contribution in [0.25, 0.3) is 10.9 Å². The molecule has 0 fully saturated rings. The molecular weight excluding hydrogens is 593 g/mol. The number of anilines is 2. The first-order chi connectivity index (χ1) is 20.8. The van der Waals surface area contributed by atoms with Crippen molar-refractivity contribution in [1.82, 2.24) is 20.3 Å². The van der Waals surface area contributed by atoms with Gasteiger partial charge in [0, 0.05) is 36.2 Å². The minimum atomic E-state index is -3.04. The number of halogens is 2. The first kappa shape index (κ1) is 30.7. The molecule has 4 aromatic rings. The summed E-state index contributed by atoms with van der Waals surface area (Å²) in [4.78, 5) is 13.5. The van der Waals surface area contributed by atoms with E-state index in [1.54, 1.807) is 36.7 Å². The second kappa shape index (κ2) is 13.7. The molecule has 5 rings (SSSR count). The average Bonchev–Trinajstić information content (AvgIpc) is 3.46. The van der Waals surface area contributed by atoms with Crippen LogP contribution < -0.4 is 15.4 Å². The summed E-state index contributed by atoms with van der Waals surface area (Å²) in [5.74, 6) is 1.03. The number of hydrogen-bond acceptors (Lipinski definition) is 9. The predicted molar refractivity (Wildman–Crippen MR) is 166 cm³/mol. The van der Waals surface area contributed by atoms with Crippen molar-refractivity contribution in [2.45, 2.75) is 38.4 Å². The standard InChI is InChI=1S/C31H33ClFN5O4S/c1-2-14-43(39,40)15-12-34-11-10-31(9-4-13-42-31)29-18-25-27(19-35-29)36-21-37-30(25)38-24-7-8-28(26(32)17-24)41-20-22-5-3-6-23(33)16-22/h3-8,13,16-19,21,34H,2,9-12,14-15,20H2,1H3,(H,36,37,38). The van der Waals surface area contributed by atoms with Crippen LogP contribution >= 0.6 is 11.6 Å². The molecule has 2 aromatic carbocycles. The molecule has 0 aliphatic carbocycles. The smallest absolute Gasteiger partial charge is 0.154 e. The quantitative estimate of drug-likeness (QED) is 0.161. The fraction of sp³-hybridized carbons (Fsp3) is 0.323. The number of fused-ring (bicyclic) bond motifs is 1. The molecular formula is C31H33ClFN5O4S. The van der Waals surface area contributed by atoms with Crippen molar-refractivity contribution in [2.75, 3.05) is 29.9 Å². The van der Waals surface area contributed by atoms with Gasteiger partial charge in [-0.2, -0.15) is 0 Å². The van der Waals surface area contributed by atoms with Crippen molar-refractivity contribution < 1.29 is 22.3 Å². The Morgan fingerprint density at radius 1 is 1.09 bits per heavy atom. The number of ether oxygens (including phenoxy) is 2. The maximum atomic E-state index is 13.5. The van der Waals surface area contributed by atoms with E-state index in [9.17, 15) is 12.8 Å². The maximum absolute atomic E-state index is 13.5. The third-order valence-corrected chi connectivity index (χ3v) is 9.27. The Morgan fingerprint density at radius 2 is 1.98 bits per heavy atom. The van der Waals surface area contributed by atoms with Crippen molar-refractivity contribution in [3.05, 3.63) is 95.5 Å². The van der Waals surface area contributed by atoms with Gasteiger partial charge in [-0.05, 0) is 61.0 Å². The van der Waals surface area contributed by atoms with Crippen molar-refractivity contribution in [2.24, 2.45) is 0 Å². The molecule has 9 nitrogen and oxygen atoms in total. The number of nitrogens with one attached hydrogen (secondary N) is 2. The molecule has 2 N–H and O–H groups in total. The van der Waals surface area contributed by atoms with E-state index in [0.717, 1.165) is 11.1 Å². The molecule has 1 aliphatic rings. The zero-order valence-electron chi connectivity index (χ0n) is 23.7. The lowest BCUT2D eigenvalue weighted by molar-refractivity contribution is 0.0288. The van der Waals surface area contributed by atoms with Gasteiger partial charge in [0.15, 0.2) is 15.4 Å². The highest BCUT2D eigenvalue weighted by Gasteiger charge is 2.37. The van der Waals surface area contributed by atoms with Gasteiger partial charge >= 0.3 is 0 Å². The molecule has 0 saturated carbocycles. The first-order valence-electron chi connectivity index (χ1n) is 14.1. The molecule has 12 heteroatoms. The SMILES string of the molecule is CCCS(=O)(=O)CCNCCC1(c2cc3c(Nc4ccc(OCc5cccc(F)c5)c(Cl)c4)ncnc3cn2)CC=CO1. The third-order valence-electron chi connectivity index (χ3n) is 7.11. The Balaban J connectivity index is 1.29. The van der Waals surface area contributed by atoms with Crippen LogP contribution in [0.2, 0.25) is 5.02 Å². The van der Waals surface area contributed by atoms with Gasteiger partial charge in [-0.1, -0.05) is 30.7 Å². The second-order valence-corrected chi connectivity index (χ2v) is 13.0. The molecule has 0 radical (unpaired) electrons. The maximum Gasteiger partial charge on any atom is 0.154 e. The average molecular weight is 626 g/mol. The summed E-state index contributed by atoms with van der Waals surface area (Å²) in [5.41, 5.74) is 2.08. The van der Waals surface area contributed by atoms with E-state index < -0.39 is 15.4 Å². The summed E-state index contributed by atoms with van der Waals surface area (Å²) >= 11 is 6.51. The summed E-state index contributed by atoms with van der Waals surface area (Å²) < 4.78 is 49.4. The molecule has 2 aromatic heterocycles. The van der Waals surface area contributed by atoms with Gasteiger partial charge in [-0.15, -0.1) is 0 Å². The van der Waals surface area contributed by atoms with Crippen molar-refractivity contribution in [3.8, 4) is 5.75 Å². The molecule has 0 amide bonds. The van der Waals surface area contributed by atoms with E-state index in [0.29, 0.717) is 65.7 Å². The Hall–Kier alpha value is -3.80. The number of hydrogen-bond donors (Lipinski definition) is 2. The molecule has 0 bridgehead atoms. The van der Waals surface area contributed by atoms with Gasteiger partial charge in [0.05, 0.1) is 34.4 Å². The zero-order valence-corrected chi connectivity index (χ0v) is 25.3. The van der Waals surface area contributed by atoms with E-state index in [1.165, 1.54) is 18.5 Å². The summed E-state index contributed by atoms with van der Waals surface area (Å²) in [6.45, 7) is 2.99. The fourth-order valence-electron chi connectivity index (χ4n) is 4.90. The van der Waals surface area contributed by atoms with Gasteiger partial charge in [-0.25, -0.2) is 22.8 Å². The summed E-state index contributed by atoms with van der Waals surface area (Å²) in [6.07, 6.45) is 8.63. The minimum Gasteiger partial charge on any atom is -0.489 e. The van der Waals surface area contributed by atoms with Crippen molar-refractivity contribution in [1.29, 1.82) is 0 Å². The van der Waals surface area contributed by atoms with Crippen LogP contribution in [0, 0.1) is 5.82 Å². The Kier molecular flexibility index (Phi) is 9.74. The molecule has 0 saturated heterocycles. The van der Waals surface area contributed by atoms with E-state index in [-0.39, 0.29) is 23.9 Å². The second-order valence-electron chi connectivity index (χ2n) is 10.3. The number of sulfone groups is 1. The normalized spacial score (nSPS) is 16.3. The summed E-state index contributed by atoms with van der Waals surface area (Å²) in [7, 11) is -3.04. The number of pyridine rings is 1. The zero-order chi connectivity index (χ0) is 30.3. The molecule has 43 heavy (non-hydrogen) atoms. The van der Waals surface area contributed by atoms with Crippen LogP contribution in [0.4, 0.5) is 15.9 Å². The lowest BCUT2D eigenvalue weighted by Gasteiger charge is -2.28. The molecule has 226 valence electrons. The van der Waals surface area contributed by atoms with E-state index >= 15 is 0 Å². The number of nitrogens with zero attached hydrogens (tertiary/aromatic N) is 3. The number of benzene rings is 2. The largest absolute Gasteiger partial charge is 0.489 e. The van der Waals surface area contributed by atoms with Gasteiger partial charge in [-0.3, -0.25) is 4.98 Å². The van der Waals surface area contributed by atoms with Gasteiger partial charge in [0.2, 0.25) is 0 Å². The van der Waals surface area contributed by atoms with Crippen LogP contribution in [-0.2, 0) is 26.8 Å². The lowest BCUT2D eigenvalue weighted by Crippen LogP contribution is -2.33. The lowest BCUT2D eigenvalue weighted by atomic mass is 9.91. The topological polar surface area (TPSA) is 115 Å². The van der Waals surface area contributed by atoms with Gasteiger partial charge in [0.1, 0.15) is 30.3 Å². The molecule has 3 heterocycles. The van der Waals surface area contributed by atoms with Crippen LogP contribution in [-0.4, -0.2) is 48.0 Å². The highest BCUT2D eigenvalue weighted by Crippen LogP contribution is 2.38. The number of rotatable bonds is 14.